The number of aromatic nitrogens is 2. The van der Waals surface area contributed by atoms with Crippen LogP contribution in [0.4, 0.5) is 5.82 Å². The lowest BCUT2D eigenvalue weighted by atomic mass is 10.1. The Bertz CT molecular complexity index is 979. The van der Waals surface area contributed by atoms with Crippen molar-refractivity contribution in [1.29, 1.82) is 0 Å². The van der Waals surface area contributed by atoms with E-state index in [0.29, 0.717) is 29.4 Å². The van der Waals surface area contributed by atoms with Crippen molar-refractivity contribution in [2.45, 2.75) is 39.5 Å². The molecule has 0 saturated carbocycles. The minimum absolute atomic E-state index is 0.0149. The van der Waals surface area contributed by atoms with E-state index < -0.39 is 0 Å². The van der Waals surface area contributed by atoms with Crippen molar-refractivity contribution in [3.05, 3.63) is 42.1 Å². The largest absolute Gasteiger partial charge is 0.493 e. The number of nitrogens with one attached hydrogen (secondary N) is 1. The van der Waals surface area contributed by atoms with Gasteiger partial charge in [0.05, 0.1) is 14.2 Å². The van der Waals surface area contributed by atoms with Gasteiger partial charge < -0.3 is 14.8 Å². The van der Waals surface area contributed by atoms with Crippen LogP contribution in [0.25, 0.3) is 16.9 Å². The van der Waals surface area contributed by atoms with E-state index in [0.717, 1.165) is 36.0 Å². The Morgan fingerprint density at radius 3 is 2.71 bits per heavy atom. The molecule has 0 saturated heterocycles. The number of rotatable bonds is 8. The van der Waals surface area contributed by atoms with Crippen LogP contribution in [0.15, 0.2) is 36.5 Å². The van der Waals surface area contributed by atoms with Crippen molar-refractivity contribution in [2.24, 2.45) is 0 Å². The van der Waals surface area contributed by atoms with E-state index in [1.807, 2.05) is 47.9 Å². The molecule has 148 valence electrons. The lowest BCUT2D eigenvalue weighted by molar-refractivity contribution is -0.116. The number of anilines is 1. The number of ether oxygens (including phenoxy) is 2. The second-order valence-corrected chi connectivity index (χ2v) is 6.79. The second kappa shape index (κ2) is 8.78. The molecule has 0 atom stereocenters. The van der Waals surface area contributed by atoms with Crippen LogP contribution >= 0.6 is 0 Å². The van der Waals surface area contributed by atoms with Gasteiger partial charge in [-0.25, -0.2) is 4.98 Å². The van der Waals surface area contributed by atoms with Crippen molar-refractivity contribution in [1.82, 2.24) is 9.38 Å². The zero-order valence-electron chi connectivity index (χ0n) is 16.9. The van der Waals surface area contributed by atoms with E-state index in [4.69, 9.17) is 14.5 Å². The zero-order valence-corrected chi connectivity index (χ0v) is 16.9. The lowest BCUT2D eigenvalue weighted by Gasteiger charge is -2.13. The number of imidazole rings is 1. The molecule has 1 N–H and O–H groups in total. The molecular weight excluding hydrogens is 354 g/mol. The van der Waals surface area contributed by atoms with Gasteiger partial charge in [0.2, 0.25) is 5.91 Å². The number of aryl methyl sites for hydroxylation is 1. The quantitative estimate of drug-likeness (QED) is 0.567. The third-order valence-corrected chi connectivity index (χ3v) is 4.70. The average molecular weight is 381 g/mol. The molecule has 0 fully saturated rings. The van der Waals surface area contributed by atoms with E-state index in [1.54, 1.807) is 14.2 Å². The molecule has 28 heavy (non-hydrogen) atoms. The fraction of sp³-hybridized carbons (Fsp3) is 0.364. The van der Waals surface area contributed by atoms with Crippen LogP contribution in [0, 0.1) is 6.92 Å². The van der Waals surface area contributed by atoms with E-state index in [1.165, 1.54) is 0 Å². The number of methoxy groups -OCH3 is 2. The Hall–Kier alpha value is -3.02. The Balaban J connectivity index is 2.11. The molecule has 1 amide bonds. The van der Waals surface area contributed by atoms with E-state index in [-0.39, 0.29) is 5.91 Å². The lowest BCUT2D eigenvalue weighted by Crippen LogP contribution is -2.13. The third kappa shape index (κ3) is 3.96. The third-order valence-electron chi connectivity index (χ3n) is 4.70. The molecule has 3 aromatic rings. The number of unbranched alkanes of at least 4 members (excludes halogenated alkanes) is 2. The summed E-state index contributed by atoms with van der Waals surface area (Å²) < 4.78 is 12.9. The van der Waals surface area contributed by atoms with Gasteiger partial charge in [-0.05, 0) is 43.2 Å². The molecule has 0 aliphatic rings. The van der Waals surface area contributed by atoms with Crippen LogP contribution < -0.4 is 14.8 Å². The summed E-state index contributed by atoms with van der Waals surface area (Å²) in [7, 11) is 3.20. The maximum atomic E-state index is 12.5. The highest BCUT2D eigenvalue weighted by atomic mass is 16.5. The molecule has 1 aromatic carbocycles. The number of carbonyl (C=O) groups is 1. The molecule has 2 aromatic heterocycles. The van der Waals surface area contributed by atoms with Gasteiger partial charge in [-0.1, -0.05) is 25.8 Å². The van der Waals surface area contributed by atoms with Gasteiger partial charge >= 0.3 is 0 Å². The Labute approximate surface area is 165 Å². The Morgan fingerprint density at radius 2 is 2.00 bits per heavy atom. The SMILES string of the molecule is CCCCCC(=O)Nc1c(-c2cccc(OC)c2OC)nc2cc(C)ccn12. The van der Waals surface area contributed by atoms with Gasteiger partial charge in [0.1, 0.15) is 17.2 Å². The predicted octanol–water partition coefficient (Wildman–Crippen LogP) is 4.85. The van der Waals surface area contributed by atoms with E-state index in [9.17, 15) is 4.79 Å². The number of benzene rings is 1. The number of nitrogens with zero attached hydrogens (tertiary/aromatic N) is 2. The topological polar surface area (TPSA) is 64.9 Å². The highest BCUT2D eigenvalue weighted by Crippen LogP contribution is 2.40. The summed E-state index contributed by atoms with van der Waals surface area (Å²) in [6, 6.07) is 9.63. The monoisotopic (exact) mass is 381 g/mol. The highest BCUT2D eigenvalue weighted by Gasteiger charge is 2.21. The van der Waals surface area contributed by atoms with Crippen LogP contribution in [0.1, 0.15) is 38.2 Å². The van der Waals surface area contributed by atoms with Crippen molar-refractivity contribution < 1.29 is 14.3 Å². The first kappa shape index (κ1) is 19.7. The van der Waals surface area contributed by atoms with Crippen molar-refractivity contribution in [3.8, 4) is 22.8 Å². The summed E-state index contributed by atoms with van der Waals surface area (Å²) >= 11 is 0. The normalized spacial score (nSPS) is 10.9. The summed E-state index contributed by atoms with van der Waals surface area (Å²) in [6.07, 6.45) is 5.40. The number of hydrogen-bond donors (Lipinski definition) is 1. The van der Waals surface area contributed by atoms with Gasteiger partial charge in [0, 0.05) is 18.2 Å². The summed E-state index contributed by atoms with van der Waals surface area (Å²) in [4.78, 5) is 17.3. The van der Waals surface area contributed by atoms with Crippen LogP contribution in [0.2, 0.25) is 0 Å². The smallest absolute Gasteiger partial charge is 0.225 e. The van der Waals surface area contributed by atoms with Gasteiger partial charge in [0.15, 0.2) is 11.5 Å². The van der Waals surface area contributed by atoms with Crippen molar-refractivity contribution in [3.63, 3.8) is 0 Å². The molecule has 0 aliphatic carbocycles. The number of hydrogen-bond acceptors (Lipinski definition) is 4. The molecule has 0 unspecified atom stereocenters. The Kier molecular flexibility index (Phi) is 6.19. The molecular formula is C22H27N3O3. The van der Waals surface area contributed by atoms with E-state index >= 15 is 0 Å². The molecule has 6 heteroatoms. The standard InChI is InChI=1S/C22H27N3O3/c1-5-6-7-11-19(26)24-22-20(23-18-14-15(2)12-13-25(18)22)16-9-8-10-17(27-3)21(16)28-4/h8-10,12-14H,5-7,11H2,1-4H3,(H,24,26). The minimum atomic E-state index is -0.0149. The number of fused-ring (bicyclic) bond motifs is 1. The van der Waals surface area contributed by atoms with E-state index in [2.05, 4.69) is 12.2 Å². The number of pyridine rings is 1. The van der Waals surface area contributed by atoms with Crippen LogP contribution in [0.3, 0.4) is 0 Å². The fourth-order valence-corrected chi connectivity index (χ4v) is 3.26. The molecule has 0 spiro atoms. The first-order chi connectivity index (χ1) is 13.6. The zero-order chi connectivity index (χ0) is 20.1. The van der Waals surface area contributed by atoms with Crippen LogP contribution in [-0.4, -0.2) is 29.5 Å². The molecule has 0 bridgehead atoms. The molecule has 2 heterocycles. The van der Waals surface area contributed by atoms with Crippen LogP contribution in [0.5, 0.6) is 11.5 Å². The van der Waals surface area contributed by atoms with Gasteiger partial charge in [-0.2, -0.15) is 0 Å². The summed E-state index contributed by atoms with van der Waals surface area (Å²) in [5.41, 5.74) is 3.29. The van der Waals surface area contributed by atoms with Gasteiger partial charge in [0.25, 0.3) is 0 Å². The molecule has 3 rings (SSSR count). The summed E-state index contributed by atoms with van der Waals surface area (Å²) in [5, 5.41) is 3.06. The molecule has 0 aliphatic heterocycles. The second-order valence-electron chi connectivity index (χ2n) is 6.79. The average Bonchev–Trinajstić information content (AvgIpc) is 3.04. The number of para-hydroxylation sites is 1. The maximum absolute atomic E-state index is 12.5. The summed E-state index contributed by atoms with van der Waals surface area (Å²) in [6.45, 7) is 4.14. The highest BCUT2D eigenvalue weighted by molar-refractivity contribution is 5.95. The predicted molar refractivity (Wildman–Crippen MR) is 111 cm³/mol. The number of amides is 1. The Morgan fingerprint density at radius 1 is 1.18 bits per heavy atom. The maximum Gasteiger partial charge on any atom is 0.225 e. The van der Waals surface area contributed by atoms with Crippen molar-refractivity contribution >= 4 is 17.4 Å². The molecule has 0 radical (unpaired) electrons. The molecule has 6 nitrogen and oxygen atoms in total. The first-order valence-corrected chi connectivity index (χ1v) is 9.59. The van der Waals surface area contributed by atoms with Gasteiger partial charge in [-0.15, -0.1) is 0 Å². The van der Waals surface area contributed by atoms with Crippen molar-refractivity contribution in [2.75, 3.05) is 19.5 Å². The first-order valence-electron chi connectivity index (χ1n) is 9.59. The fourth-order valence-electron chi connectivity index (χ4n) is 3.26. The van der Waals surface area contributed by atoms with Crippen LogP contribution in [-0.2, 0) is 4.79 Å². The minimum Gasteiger partial charge on any atom is -0.493 e. The number of carbonyl (C=O) groups excluding carboxylic acids is 1. The summed E-state index contributed by atoms with van der Waals surface area (Å²) in [5.74, 6) is 1.84. The van der Waals surface area contributed by atoms with Gasteiger partial charge in [-0.3, -0.25) is 9.20 Å².